The molecule has 0 spiro atoms. The Balaban J connectivity index is 1.62. The molecule has 3 rings (SSSR count). The summed E-state index contributed by atoms with van der Waals surface area (Å²) in [7, 11) is 0. The highest BCUT2D eigenvalue weighted by Crippen LogP contribution is 2.17. The summed E-state index contributed by atoms with van der Waals surface area (Å²) in [6.45, 7) is -0.448. The van der Waals surface area contributed by atoms with Crippen molar-refractivity contribution in [2.75, 3.05) is 6.61 Å². The minimum atomic E-state index is -0.965. The number of benzene rings is 1. The van der Waals surface area contributed by atoms with E-state index in [0.717, 1.165) is 25.7 Å². The van der Waals surface area contributed by atoms with E-state index in [9.17, 15) is 14.7 Å². The number of aromatic nitrogens is 3. The van der Waals surface area contributed by atoms with Gasteiger partial charge in [-0.3, -0.25) is 9.59 Å². The van der Waals surface area contributed by atoms with Gasteiger partial charge in [-0.1, -0.05) is 19.3 Å². The summed E-state index contributed by atoms with van der Waals surface area (Å²) in [5.41, 5.74) is 1.58. The van der Waals surface area contributed by atoms with Crippen LogP contribution in [0.1, 0.15) is 42.5 Å². The molecule has 0 unspecified atom stereocenters. The first kappa shape index (κ1) is 16.4. The number of H-pyrrole nitrogens is 1. The van der Waals surface area contributed by atoms with Crippen LogP contribution >= 0.6 is 0 Å². The number of aliphatic hydroxyl groups excluding tert-OH is 1. The van der Waals surface area contributed by atoms with Crippen LogP contribution in [0.25, 0.3) is 11.0 Å². The van der Waals surface area contributed by atoms with Gasteiger partial charge in [-0.05, 0) is 31.0 Å². The van der Waals surface area contributed by atoms with Crippen LogP contribution < -0.4 is 10.6 Å². The molecule has 24 heavy (non-hydrogen) atoms. The van der Waals surface area contributed by atoms with E-state index in [-0.39, 0.29) is 11.9 Å². The van der Waals surface area contributed by atoms with Crippen molar-refractivity contribution in [1.82, 2.24) is 26.0 Å². The third-order valence-corrected chi connectivity index (χ3v) is 4.33. The number of nitrogens with zero attached hydrogens (tertiary/aromatic N) is 2. The first-order chi connectivity index (χ1) is 11.7. The zero-order valence-electron chi connectivity index (χ0n) is 13.3. The van der Waals surface area contributed by atoms with E-state index in [1.807, 2.05) is 0 Å². The van der Waals surface area contributed by atoms with Gasteiger partial charge in [0.25, 0.3) is 5.91 Å². The average molecular weight is 331 g/mol. The zero-order valence-corrected chi connectivity index (χ0v) is 13.3. The van der Waals surface area contributed by atoms with Crippen molar-refractivity contribution in [1.29, 1.82) is 0 Å². The summed E-state index contributed by atoms with van der Waals surface area (Å²) >= 11 is 0. The van der Waals surface area contributed by atoms with E-state index < -0.39 is 18.6 Å². The molecule has 1 aromatic carbocycles. The number of amides is 2. The Kier molecular flexibility index (Phi) is 5.05. The predicted octanol–water partition coefficient (Wildman–Crippen LogP) is 0.497. The Morgan fingerprint density at radius 3 is 2.71 bits per heavy atom. The molecule has 0 radical (unpaired) electrons. The number of carbonyl (C=O) groups excluding carboxylic acids is 2. The van der Waals surface area contributed by atoms with Gasteiger partial charge in [0.2, 0.25) is 5.91 Å². The average Bonchev–Trinajstić information content (AvgIpc) is 3.07. The van der Waals surface area contributed by atoms with Crippen LogP contribution in [0.4, 0.5) is 0 Å². The fourth-order valence-corrected chi connectivity index (χ4v) is 2.97. The maximum Gasteiger partial charge on any atom is 0.252 e. The lowest BCUT2D eigenvalue weighted by Gasteiger charge is -2.25. The normalized spacial score (nSPS) is 16.7. The molecule has 8 heteroatoms. The van der Waals surface area contributed by atoms with Gasteiger partial charge >= 0.3 is 0 Å². The van der Waals surface area contributed by atoms with E-state index in [0.29, 0.717) is 16.6 Å². The first-order valence-corrected chi connectivity index (χ1v) is 8.20. The van der Waals surface area contributed by atoms with Crippen LogP contribution in [0.15, 0.2) is 18.2 Å². The minimum absolute atomic E-state index is 0.128. The van der Waals surface area contributed by atoms with Crippen LogP contribution in [-0.2, 0) is 4.79 Å². The first-order valence-electron chi connectivity index (χ1n) is 8.20. The molecule has 2 aromatic rings. The Morgan fingerprint density at radius 2 is 1.96 bits per heavy atom. The highest BCUT2D eigenvalue weighted by Gasteiger charge is 2.24. The number of nitrogens with one attached hydrogen (secondary N) is 3. The fraction of sp³-hybridized carbons (Fsp3) is 0.500. The smallest absolute Gasteiger partial charge is 0.252 e. The summed E-state index contributed by atoms with van der Waals surface area (Å²) in [6.07, 6.45) is 5.27. The number of fused-ring (bicyclic) bond motifs is 1. The second-order valence-electron chi connectivity index (χ2n) is 6.08. The van der Waals surface area contributed by atoms with Crippen molar-refractivity contribution in [3.8, 4) is 0 Å². The van der Waals surface area contributed by atoms with Gasteiger partial charge in [0.05, 0.1) is 6.61 Å². The summed E-state index contributed by atoms with van der Waals surface area (Å²) < 4.78 is 0. The molecule has 1 aliphatic carbocycles. The SMILES string of the molecule is O=C(N[C@@H](CO)C(=O)NC1CCCCC1)c1ccc2n[nH]nc2c1. The predicted molar refractivity (Wildman–Crippen MR) is 87.2 cm³/mol. The Labute approximate surface area is 139 Å². The van der Waals surface area contributed by atoms with Crippen LogP contribution in [0.2, 0.25) is 0 Å². The molecule has 1 atom stereocenters. The summed E-state index contributed by atoms with van der Waals surface area (Å²) in [6, 6.07) is 4.02. The molecule has 8 nitrogen and oxygen atoms in total. The molecule has 1 fully saturated rings. The van der Waals surface area contributed by atoms with Gasteiger partial charge in [0, 0.05) is 11.6 Å². The minimum Gasteiger partial charge on any atom is -0.394 e. The Morgan fingerprint density at radius 1 is 1.21 bits per heavy atom. The number of hydrogen-bond donors (Lipinski definition) is 4. The van der Waals surface area contributed by atoms with Gasteiger partial charge in [0.15, 0.2) is 0 Å². The lowest BCUT2D eigenvalue weighted by atomic mass is 9.95. The molecule has 4 N–H and O–H groups in total. The monoisotopic (exact) mass is 331 g/mol. The quantitative estimate of drug-likeness (QED) is 0.636. The standard InChI is InChI=1S/C16H21N5O3/c22-9-14(16(24)17-11-4-2-1-3-5-11)18-15(23)10-6-7-12-13(8-10)20-21-19-12/h6-8,11,14,22H,1-5,9H2,(H,17,24)(H,18,23)(H,19,20,21)/t14-/m0/s1. The van der Waals surface area contributed by atoms with E-state index in [4.69, 9.17) is 0 Å². The van der Waals surface area contributed by atoms with Gasteiger partial charge in [-0.15, -0.1) is 0 Å². The van der Waals surface area contributed by atoms with Crippen LogP contribution in [0, 0.1) is 0 Å². The molecule has 1 aliphatic rings. The summed E-state index contributed by atoms with van der Waals surface area (Å²) in [5, 5.41) is 25.3. The van der Waals surface area contributed by atoms with Crippen LogP contribution in [0.3, 0.4) is 0 Å². The third-order valence-electron chi connectivity index (χ3n) is 4.33. The molecule has 2 amide bonds. The Hall–Kier alpha value is -2.48. The van der Waals surface area contributed by atoms with Crippen molar-refractivity contribution < 1.29 is 14.7 Å². The number of aliphatic hydroxyl groups is 1. The molecule has 1 aromatic heterocycles. The largest absolute Gasteiger partial charge is 0.394 e. The molecular weight excluding hydrogens is 310 g/mol. The number of hydrogen-bond acceptors (Lipinski definition) is 5. The van der Waals surface area contributed by atoms with E-state index >= 15 is 0 Å². The van der Waals surface area contributed by atoms with Gasteiger partial charge in [0.1, 0.15) is 17.1 Å². The lowest BCUT2D eigenvalue weighted by molar-refractivity contribution is -0.124. The topological polar surface area (TPSA) is 120 Å². The molecule has 128 valence electrons. The lowest BCUT2D eigenvalue weighted by Crippen LogP contribution is -2.51. The van der Waals surface area contributed by atoms with E-state index in [1.165, 1.54) is 6.42 Å². The van der Waals surface area contributed by atoms with Crippen molar-refractivity contribution >= 4 is 22.8 Å². The number of rotatable bonds is 5. The fourth-order valence-electron chi connectivity index (χ4n) is 2.97. The third kappa shape index (κ3) is 3.70. The molecular formula is C16H21N5O3. The highest BCUT2D eigenvalue weighted by atomic mass is 16.3. The molecule has 0 saturated heterocycles. The highest BCUT2D eigenvalue weighted by molar-refractivity contribution is 5.99. The number of aromatic amines is 1. The molecule has 0 bridgehead atoms. The summed E-state index contributed by atoms with van der Waals surface area (Å²) in [5.74, 6) is -0.780. The van der Waals surface area contributed by atoms with E-state index in [2.05, 4.69) is 26.0 Å². The second-order valence-corrected chi connectivity index (χ2v) is 6.08. The number of carbonyl (C=O) groups is 2. The second kappa shape index (κ2) is 7.39. The van der Waals surface area contributed by atoms with Crippen molar-refractivity contribution in [2.24, 2.45) is 0 Å². The molecule has 0 aliphatic heterocycles. The Bertz CT molecular complexity index is 723. The molecule has 1 heterocycles. The molecule has 1 saturated carbocycles. The zero-order chi connectivity index (χ0) is 16.9. The van der Waals surface area contributed by atoms with Crippen molar-refractivity contribution in [3.63, 3.8) is 0 Å². The maximum absolute atomic E-state index is 12.3. The summed E-state index contributed by atoms with van der Waals surface area (Å²) in [4.78, 5) is 24.6. The van der Waals surface area contributed by atoms with E-state index in [1.54, 1.807) is 18.2 Å². The van der Waals surface area contributed by atoms with Gasteiger partial charge < -0.3 is 15.7 Å². The van der Waals surface area contributed by atoms with Gasteiger partial charge in [-0.25, -0.2) is 0 Å². The van der Waals surface area contributed by atoms with Crippen LogP contribution in [-0.4, -0.2) is 51.0 Å². The van der Waals surface area contributed by atoms with Crippen LogP contribution in [0.5, 0.6) is 0 Å². The van der Waals surface area contributed by atoms with Crippen molar-refractivity contribution in [2.45, 2.75) is 44.2 Å². The van der Waals surface area contributed by atoms with Crippen molar-refractivity contribution in [3.05, 3.63) is 23.8 Å². The maximum atomic E-state index is 12.3. The van der Waals surface area contributed by atoms with Gasteiger partial charge in [-0.2, -0.15) is 15.4 Å².